The van der Waals surface area contributed by atoms with Crippen LogP contribution in [0.2, 0.25) is 0 Å². The topological polar surface area (TPSA) is 128 Å². The molecule has 1 fully saturated rings. The van der Waals surface area contributed by atoms with Crippen LogP contribution in [-0.2, 0) is 19.6 Å². The van der Waals surface area contributed by atoms with E-state index >= 15 is 0 Å². The number of sulfonamides is 1. The summed E-state index contributed by atoms with van der Waals surface area (Å²) in [6.07, 6.45) is -0.538. The molecule has 0 aliphatic carbocycles. The van der Waals surface area contributed by atoms with Crippen LogP contribution < -0.4 is 5.32 Å². The lowest BCUT2D eigenvalue weighted by molar-refractivity contribution is -0.141. The van der Waals surface area contributed by atoms with Gasteiger partial charge in [0.05, 0.1) is 12.5 Å². The second-order valence-corrected chi connectivity index (χ2v) is 6.15. The molecule has 9 heteroatoms. The van der Waals surface area contributed by atoms with Crippen molar-refractivity contribution in [1.29, 1.82) is 5.26 Å². The quantitative estimate of drug-likeness (QED) is 0.660. The Kier molecular flexibility index (Phi) is 4.85. The fraction of sp³-hybridized carbons (Fsp3) is 0.700. The summed E-state index contributed by atoms with van der Waals surface area (Å²) >= 11 is 0. The number of nitrogens with zero attached hydrogens (tertiary/aromatic N) is 2. The van der Waals surface area contributed by atoms with Crippen molar-refractivity contribution in [3.05, 3.63) is 0 Å². The molecule has 0 aromatic heterocycles. The van der Waals surface area contributed by atoms with Crippen molar-refractivity contribution in [2.24, 2.45) is 0 Å². The van der Waals surface area contributed by atoms with Gasteiger partial charge in [-0.3, -0.25) is 9.59 Å². The van der Waals surface area contributed by atoms with E-state index in [0.717, 1.165) is 4.31 Å². The lowest BCUT2D eigenvalue weighted by Gasteiger charge is -2.34. The van der Waals surface area contributed by atoms with E-state index in [2.05, 4.69) is 5.32 Å². The summed E-state index contributed by atoms with van der Waals surface area (Å²) in [7, 11) is -4.00. The minimum absolute atomic E-state index is 0.0236. The molecule has 1 aliphatic heterocycles. The first-order valence-corrected chi connectivity index (χ1v) is 7.24. The Morgan fingerprint density at radius 1 is 1.68 bits per heavy atom. The van der Waals surface area contributed by atoms with Crippen LogP contribution in [0.5, 0.6) is 0 Å². The van der Waals surface area contributed by atoms with Gasteiger partial charge in [0.2, 0.25) is 15.9 Å². The number of nitrogens with one attached hydrogen (secondary N) is 1. The summed E-state index contributed by atoms with van der Waals surface area (Å²) in [6, 6.07) is 0.376. The van der Waals surface area contributed by atoms with E-state index in [9.17, 15) is 18.0 Å². The number of carbonyl (C=O) groups excluding carboxylic acids is 1. The predicted molar refractivity (Wildman–Crippen MR) is 64.4 cm³/mol. The van der Waals surface area contributed by atoms with E-state index in [4.69, 9.17) is 10.4 Å². The fourth-order valence-electron chi connectivity index (χ4n) is 1.89. The molecule has 1 saturated heterocycles. The fourth-order valence-corrected chi connectivity index (χ4v) is 3.64. The third-order valence-corrected chi connectivity index (χ3v) is 5.10. The van der Waals surface area contributed by atoms with Crippen LogP contribution in [0, 0.1) is 11.3 Å². The van der Waals surface area contributed by atoms with Crippen LogP contribution in [0.15, 0.2) is 0 Å². The van der Waals surface area contributed by atoms with E-state index in [1.165, 1.54) is 0 Å². The maximum absolute atomic E-state index is 12.2. The highest BCUT2D eigenvalue weighted by Crippen LogP contribution is 2.19. The Bertz CT molecular complexity index is 510. The van der Waals surface area contributed by atoms with Crippen molar-refractivity contribution < 1.29 is 23.1 Å². The number of carboxylic acids is 1. The number of carboxylic acid groups (broad SMARTS) is 1. The average molecular weight is 289 g/mol. The molecule has 2 N–H and O–H groups in total. The van der Waals surface area contributed by atoms with Crippen molar-refractivity contribution in [1.82, 2.24) is 9.62 Å². The standard InChI is InChI=1S/C10H15N3O5S/c1-2-7(6-11)19(17,18)13-4-3-12-10(16)8(13)5-9(14)15/h7-8H,2-5H2,1H3,(H,12,16)(H,14,15). The summed E-state index contributed by atoms with van der Waals surface area (Å²) in [5.41, 5.74) is 0. The Labute approximate surface area is 111 Å². The average Bonchev–Trinajstić information content (AvgIpc) is 2.32. The molecule has 0 spiro atoms. The molecule has 1 heterocycles. The number of hydrogen-bond acceptors (Lipinski definition) is 5. The summed E-state index contributed by atoms with van der Waals surface area (Å²) in [5.74, 6) is -1.92. The van der Waals surface area contributed by atoms with Crippen molar-refractivity contribution in [3.8, 4) is 6.07 Å². The molecule has 2 atom stereocenters. The van der Waals surface area contributed by atoms with Crippen molar-refractivity contribution in [3.63, 3.8) is 0 Å². The van der Waals surface area contributed by atoms with Crippen LogP contribution in [0.25, 0.3) is 0 Å². The molecule has 106 valence electrons. The van der Waals surface area contributed by atoms with Gasteiger partial charge in [-0.15, -0.1) is 0 Å². The Morgan fingerprint density at radius 2 is 2.32 bits per heavy atom. The third-order valence-electron chi connectivity index (χ3n) is 2.85. The van der Waals surface area contributed by atoms with Crippen LogP contribution >= 0.6 is 0 Å². The number of piperazine rings is 1. The lowest BCUT2D eigenvalue weighted by Crippen LogP contribution is -2.59. The smallest absolute Gasteiger partial charge is 0.305 e. The zero-order valence-corrected chi connectivity index (χ0v) is 11.2. The highest BCUT2D eigenvalue weighted by Gasteiger charge is 2.42. The molecule has 0 radical (unpaired) electrons. The Hall–Kier alpha value is -1.66. The highest BCUT2D eigenvalue weighted by atomic mass is 32.2. The molecule has 1 amide bonds. The lowest BCUT2D eigenvalue weighted by atomic mass is 10.1. The van der Waals surface area contributed by atoms with Gasteiger partial charge in [-0.2, -0.15) is 9.57 Å². The third kappa shape index (κ3) is 3.21. The summed E-state index contributed by atoms with van der Waals surface area (Å²) in [5, 5.41) is 18.8. The molecule has 8 nitrogen and oxygen atoms in total. The van der Waals surface area contributed by atoms with Gasteiger partial charge in [0.15, 0.2) is 5.25 Å². The predicted octanol–water partition coefficient (Wildman–Crippen LogP) is -1.11. The summed E-state index contributed by atoms with van der Waals surface area (Å²) < 4.78 is 25.3. The number of aliphatic carboxylic acids is 1. The van der Waals surface area contributed by atoms with Crippen LogP contribution in [0.4, 0.5) is 0 Å². The van der Waals surface area contributed by atoms with E-state index in [0.29, 0.717) is 0 Å². The van der Waals surface area contributed by atoms with E-state index in [1.807, 2.05) is 0 Å². The van der Waals surface area contributed by atoms with Gasteiger partial charge in [0, 0.05) is 13.1 Å². The summed E-state index contributed by atoms with van der Waals surface area (Å²) in [4.78, 5) is 22.4. The molecule has 0 bridgehead atoms. The Morgan fingerprint density at radius 3 is 2.79 bits per heavy atom. The molecule has 0 aromatic carbocycles. The summed E-state index contributed by atoms with van der Waals surface area (Å²) in [6.45, 7) is 1.63. The first kappa shape index (κ1) is 15.4. The zero-order valence-electron chi connectivity index (χ0n) is 10.4. The van der Waals surface area contributed by atoms with E-state index in [-0.39, 0.29) is 19.5 Å². The van der Waals surface area contributed by atoms with Gasteiger partial charge >= 0.3 is 5.97 Å². The first-order valence-electron chi connectivity index (χ1n) is 5.74. The second-order valence-electron chi connectivity index (χ2n) is 4.09. The number of carbonyl (C=O) groups is 2. The maximum Gasteiger partial charge on any atom is 0.305 e. The molecule has 1 aliphatic rings. The van der Waals surface area contributed by atoms with Crippen LogP contribution in [-0.4, -0.2) is 54.1 Å². The molecule has 0 aromatic rings. The van der Waals surface area contributed by atoms with Gasteiger partial charge in [-0.1, -0.05) is 6.92 Å². The normalized spacial score (nSPS) is 22.3. The van der Waals surface area contributed by atoms with Crippen molar-refractivity contribution in [2.45, 2.75) is 31.1 Å². The monoisotopic (exact) mass is 289 g/mol. The number of rotatable bonds is 5. The molecule has 0 saturated carbocycles. The molecule has 19 heavy (non-hydrogen) atoms. The molecule has 1 rings (SSSR count). The van der Waals surface area contributed by atoms with Crippen molar-refractivity contribution >= 4 is 21.9 Å². The molecular weight excluding hydrogens is 274 g/mol. The first-order chi connectivity index (χ1) is 8.84. The Balaban J connectivity index is 3.10. The van der Waals surface area contributed by atoms with Crippen LogP contribution in [0.3, 0.4) is 0 Å². The van der Waals surface area contributed by atoms with Gasteiger partial charge in [-0.25, -0.2) is 8.42 Å². The van der Waals surface area contributed by atoms with Gasteiger partial charge in [-0.05, 0) is 6.42 Å². The maximum atomic E-state index is 12.2. The minimum atomic E-state index is -4.00. The van der Waals surface area contributed by atoms with E-state index < -0.39 is 39.6 Å². The molecular formula is C10H15N3O5S. The van der Waals surface area contributed by atoms with Gasteiger partial charge in [0.25, 0.3) is 0 Å². The second kappa shape index (κ2) is 5.99. The zero-order chi connectivity index (χ0) is 14.6. The van der Waals surface area contributed by atoms with Gasteiger partial charge < -0.3 is 10.4 Å². The largest absolute Gasteiger partial charge is 0.481 e. The number of amides is 1. The minimum Gasteiger partial charge on any atom is -0.481 e. The van der Waals surface area contributed by atoms with Crippen LogP contribution in [0.1, 0.15) is 19.8 Å². The SMILES string of the molecule is CCC(C#N)S(=O)(=O)N1CCNC(=O)C1CC(=O)O. The van der Waals surface area contributed by atoms with E-state index in [1.54, 1.807) is 13.0 Å². The molecule has 2 unspecified atom stereocenters. The number of hydrogen-bond donors (Lipinski definition) is 2. The van der Waals surface area contributed by atoms with Crippen molar-refractivity contribution in [2.75, 3.05) is 13.1 Å². The van der Waals surface area contributed by atoms with Gasteiger partial charge in [0.1, 0.15) is 6.04 Å². The number of nitriles is 1. The highest BCUT2D eigenvalue weighted by molar-refractivity contribution is 7.90.